The summed E-state index contributed by atoms with van der Waals surface area (Å²) in [5.41, 5.74) is 0.730. The molecule has 0 aromatic carbocycles. The molecule has 0 aliphatic rings. The summed E-state index contributed by atoms with van der Waals surface area (Å²) in [6, 6.07) is 1.60. The van der Waals surface area contributed by atoms with E-state index < -0.39 is 48.4 Å². The van der Waals surface area contributed by atoms with Crippen LogP contribution in [0.3, 0.4) is 0 Å². The van der Waals surface area contributed by atoms with Crippen molar-refractivity contribution in [2.24, 2.45) is 0 Å². The molecule has 1 rings (SSSR count). The molecular formula is C24H30N4O12Re. The van der Waals surface area contributed by atoms with Gasteiger partial charge in [-0.15, -0.1) is 0 Å². The van der Waals surface area contributed by atoms with Crippen molar-refractivity contribution in [3.8, 4) is 0 Å². The number of aliphatic carboxylic acids is 4. The minimum atomic E-state index is -1.47. The number of urea groups is 1. The number of rotatable bonds is 17. The van der Waals surface area contributed by atoms with Crippen LogP contribution in [-0.4, -0.2) is 85.4 Å². The number of hydrogen-bond acceptors (Lipinski definition) is 7. The normalized spacial score (nSPS) is 10.5. The molecule has 2 atom stereocenters. The Labute approximate surface area is 249 Å². The molecule has 0 saturated heterocycles. The van der Waals surface area contributed by atoms with Crippen molar-refractivity contribution in [2.45, 2.75) is 57.2 Å². The first-order valence-corrected chi connectivity index (χ1v) is 11.3. The van der Waals surface area contributed by atoms with E-state index in [0.717, 1.165) is 5.69 Å². The molecule has 6 N–H and O–H groups in total. The number of carboxylic acids is 4. The van der Waals surface area contributed by atoms with Gasteiger partial charge in [-0.3, -0.25) is 19.5 Å². The number of nitrogens with zero attached hydrogens (tertiary/aromatic N) is 2. The van der Waals surface area contributed by atoms with Crippen LogP contribution in [0.1, 0.15) is 44.2 Å². The quantitative estimate of drug-likeness (QED) is 0.0724. The Hall–Kier alpha value is -3.86. The Kier molecular flexibility index (Phi) is 31.4. The molecule has 0 bridgehead atoms. The molecule has 0 spiro atoms. The van der Waals surface area contributed by atoms with E-state index in [9.17, 15) is 29.1 Å². The number of carboxylic acid groups (broad SMARTS) is 4. The SMILES string of the molecule is O=C(O)CC[C@H](NC(=O)N[C@@H](CCCCCN(CC(=O)O)Cc1ccccn1)C(=O)O)C(=O)O.[C-]#[O+].[C-]#[O+].[C-]#[O+].[Re]. The largest absolute Gasteiger partial charge is 0 e. The van der Waals surface area contributed by atoms with Crippen molar-refractivity contribution in [1.82, 2.24) is 20.5 Å². The summed E-state index contributed by atoms with van der Waals surface area (Å²) < 4.78 is 22.5. The minimum absolute atomic E-state index is 0. The maximum absolute atomic E-state index is 12.0. The van der Waals surface area contributed by atoms with Gasteiger partial charge in [-0.25, -0.2) is 14.4 Å². The Morgan fingerprint density at radius 3 is 1.78 bits per heavy atom. The summed E-state index contributed by atoms with van der Waals surface area (Å²) in [7, 11) is 0. The van der Waals surface area contributed by atoms with Crippen LogP contribution in [-0.2, 0) is 60.1 Å². The molecule has 17 heteroatoms. The average molecular weight is 753 g/mol. The number of carbonyl (C=O) groups excluding carboxylic acids is 1. The van der Waals surface area contributed by atoms with Crippen molar-refractivity contribution < 1.29 is 78.8 Å². The molecule has 2 amide bonds. The van der Waals surface area contributed by atoms with E-state index in [1.807, 2.05) is 0 Å². The number of aromatic nitrogens is 1. The number of amides is 2. The first-order valence-electron chi connectivity index (χ1n) is 11.3. The molecule has 0 saturated carbocycles. The monoisotopic (exact) mass is 753 g/mol. The molecule has 1 aromatic rings. The van der Waals surface area contributed by atoms with Gasteiger partial charge in [0.1, 0.15) is 12.1 Å². The zero-order valence-corrected chi connectivity index (χ0v) is 24.4. The second-order valence-electron chi connectivity index (χ2n) is 7.61. The van der Waals surface area contributed by atoms with E-state index >= 15 is 0 Å². The smallest absolute Gasteiger partial charge is 0 e. The topological polar surface area (TPSA) is 266 Å². The van der Waals surface area contributed by atoms with Gasteiger partial charge in [0.2, 0.25) is 0 Å². The summed E-state index contributed by atoms with van der Waals surface area (Å²) in [6.07, 6.45) is 2.46. The number of hydrogen-bond donors (Lipinski definition) is 6. The summed E-state index contributed by atoms with van der Waals surface area (Å²) in [6.45, 7) is 14.2. The van der Waals surface area contributed by atoms with Gasteiger partial charge in [0.05, 0.1) is 12.2 Å². The van der Waals surface area contributed by atoms with Crippen LogP contribution in [0.2, 0.25) is 0 Å². The molecule has 1 radical (unpaired) electrons. The van der Waals surface area contributed by atoms with Gasteiger partial charge in [0.15, 0.2) is 0 Å². The standard InChI is InChI=1S/C21H30N4O9.3CO.Re/c26-17(27)9-8-16(20(32)33)24-21(34)23-15(19(30)31)7-2-1-5-11-25(13-18(28)29)12-14-6-3-4-10-22-14;3*1-2;/h3-4,6,10,15-16H,1-2,5,7-9,11-13H2,(H,26,27)(H,28,29)(H,30,31)(H,32,33)(H2,23,24,34);;;;/t15-,16-;;;;/m0..../s1. The Balaban J connectivity index is -0.000000913. The van der Waals surface area contributed by atoms with Crippen LogP contribution in [0.4, 0.5) is 4.79 Å². The van der Waals surface area contributed by atoms with E-state index in [1.54, 1.807) is 29.3 Å². The van der Waals surface area contributed by atoms with E-state index in [0.29, 0.717) is 32.4 Å². The molecule has 16 nitrogen and oxygen atoms in total. The minimum Gasteiger partial charge on any atom is 0 e. The second-order valence-corrected chi connectivity index (χ2v) is 7.61. The van der Waals surface area contributed by atoms with Crippen LogP contribution in [0.5, 0.6) is 0 Å². The molecule has 0 aliphatic heterocycles. The number of carbonyl (C=O) groups is 5. The van der Waals surface area contributed by atoms with E-state index in [4.69, 9.17) is 29.3 Å². The Bertz CT molecular complexity index is 958. The van der Waals surface area contributed by atoms with E-state index in [-0.39, 0.29) is 39.8 Å². The zero-order valence-electron chi connectivity index (χ0n) is 21.7. The fourth-order valence-electron chi connectivity index (χ4n) is 3.13. The molecule has 0 fully saturated rings. The van der Waals surface area contributed by atoms with Gasteiger partial charge in [0, 0.05) is 39.6 Å². The molecule has 41 heavy (non-hydrogen) atoms. The van der Waals surface area contributed by atoms with Crippen LogP contribution in [0.25, 0.3) is 0 Å². The van der Waals surface area contributed by atoms with Crippen LogP contribution >= 0.6 is 0 Å². The number of nitrogens with one attached hydrogen (secondary N) is 2. The third-order valence-electron chi connectivity index (χ3n) is 4.79. The first kappa shape index (κ1) is 44.2. The molecular weight excluding hydrogens is 722 g/mol. The van der Waals surface area contributed by atoms with Crippen LogP contribution in [0.15, 0.2) is 24.4 Å². The fourth-order valence-corrected chi connectivity index (χ4v) is 3.13. The predicted octanol–water partition coefficient (Wildman–Crippen LogP) is 0.484. The van der Waals surface area contributed by atoms with Crippen molar-refractivity contribution >= 4 is 29.9 Å². The first-order chi connectivity index (χ1) is 19.1. The van der Waals surface area contributed by atoms with E-state index in [1.165, 1.54) is 0 Å². The van der Waals surface area contributed by atoms with Gasteiger partial charge in [0.25, 0.3) is 0 Å². The zero-order chi connectivity index (χ0) is 31.5. The van der Waals surface area contributed by atoms with Gasteiger partial charge in [-0.2, -0.15) is 0 Å². The van der Waals surface area contributed by atoms with Gasteiger partial charge < -0.3 is 31.1 Å². The number of unbranched alkanes of at least 4 members (excludes halogenated alkanes) is 2. The van der Waals surface area contributed by atoms with Gasteiger partial charge in [-0.1, -0.05) is 18.9 Å². The summed E-state index contributed by atoms with van der Waals surface area (Å²) in [5, 5.41) is 40.4. The van der Waals surface area contributed by atoms with Crippen molar-refractivity contribution in [1.29, 1.82) is 0 Å². The molecule has 1 heterocycles. The molecule has 225 valence electrons. The van der Waals surface area contributed by atoms with Crippen molar-refractivity contribution in [3.05, 3.63) is 50.0 Å². The van der Waals surface area contributed by atoms with Gasteiger partial charge >= 0.3 is 63.8 Å². The third-order valence-corrected chi connectivity index (χ3v) is 4.79. The van der Waals surface area contributed by atoms with Crippen LogP contribution in [0, 0.1) is 20.0 Å². The van der Waals surface area contributed by atoms with Crippen molar-refractivity contribution in [3.63, 3.8) is 0 Å². The molecule has 0 unspecified atom stereocenters. The maximum Gasteiger partial charge on any atom is 0 e. The molecule has 0 aliphatic carbocycles. The summed E-state index contributed by atoms with van der Waals surface area (Å²) in [4.78, 5) is 62.2. The van der Waals surface area contributed by atoms with Gasteiger partial charge in [-0.05, 0) is 37.9 Å². The summed E-state index contributed by atoms with van der Waals surface area (Å²) >= 11 is 0. The average Bonchev–Trinajstić information content (AvgIpc) is 2.93. The molecule has 1 aromatic heterocycles. The fraction of sp³-hybridized carbons (Fsp3) is 0.458. The predicted molar refractivity (Wildman–Crippen MR) is 129 cm³/mol. The van der Waals surface area contributed by atoms with Crippen molar-refractivity contribution in [2.75, 3.05) is 13.1 Å². The maximum atomic E-state index is 12.0. The Morgan fingerprint density at radius 2 is 1.34 bits per heavy atom. The third kappa shape index (κ3) is 24.9. The Morgan fingerprint density at radius 1 is 0.805 bits per heavy atom. The number of pyridine rings is 1. The second kappa shape index (κ2) is 29.1. The van der Waals surface area contributed by atoms with Crippen LogP contribution < -0.4 is 10.6 Å². The van der Waals surface area contributed by atoms with E-state index in [2.05, 4.69) is 35.6 Å². The summed E-state index contributed by atoms with van der Waals surface area (Å²) in [5.74, 6) is -4.92.